The molecule has 3 nitrogen and oxygen atoms in total. The van der Waals surface area contributed by atoms with Gasteiger partial charge in [0.05, 0.1) is 18.2 Å². The SMILES string of the molecule is N=Cc1cnc[nH]1. The van der Waals surface area contributed by atoms with Crippen LogP contribution in [0.3, 0.4) is 0 Å². The van der Waals surface area contributed by atoms with Crippen LogP contribution in [0.15, 0.2) is 12.5 Å². The summed E-state index contributed by atoms with van der Waals surface area (Å²) in [5.74, 6) is 0. The lowest BCUT2D eigenvalue weighted by atomic mass is 10.5. The van der Waals surface area contributed by atoms with Crippen molar-refractivity contribution in [1.29, 1.82) is 5.41 Å². The number of nitrogens with zero attached hydrogens (tertiary/aromatic N) is 1. The lowest BCUT2D eigenvalue weighted by Gasteiger charge is -1.70. The molecule has 0 spiro atoms. The van der Waals surface area contributed by atoms with Crippen molar-refractivity contribution < 1.29 is 0 Å². The zero-order valence-corrected chi connectivity index (χ0v) is 3.68. The van der Waals surface area contributed by atoms with E-state index in [9.17, 15) is 0 Å². The van der Waals surface area contributed by atoms with E-state index in [1.165, 1.54) is 6.21 Å². The molecule has 0 amide bonds. The van der Waals surface area contributed by atoms with Gasteiger partial charge in [-0.25, -0.2) is 4.98 Å². The van der Waals surface area contributed by atoms with Crippen molar-refractivity contribution in [2.75, 3.05) is 0 Å². The first kappa shape index (κ1) is 4.05. The highest BCUT2D eigenvalue weighted by Gasteiger charge is 1.79. The van der Waals surface area contributed by atoms with Gasteiger partial charge in [-0.05, 0) is 0 Å². The molecule has 36 valence electrons. The van der Waals surface area contributed by atoms with Gasteiger partial charge in [-0.3, -0.25) is 0 Å². The molecule has 0 aliphatic rings. The Kier molecular flexibility index (Phi) is 0.898. The molecule has 1 aromatic rings. The lowest BCUT2D eigenvalue weighted by Crippen LogP contribution is -1.72. The average molecular weight is 95.1 g/mol. The van der Waals surface area contributed by atoms with Gasteiger partial charge in [0.2, 0.25) is 0 Å². The molecular formula is C4H5N3. The highest BCUT2D eigenvalue weighted by molar-refractivity contribution is 5.73. The molecule has 1 rings (SSSR count). The largest absolute Gasteiger partial charge is 0.344 e. The summed E-state index contributed by atoms with van der Waals surface area (Å²) in [6.07, 6.45) is 4.35. The van der Waals surface area contributed by atoms with Crippen LogP contribution in [-0.2, 0) is 0 Å². The number of H-pyrrole nitrogens is 1. The molecule has 0 saturated carbocycles. The Balaban J connectivity index is 2.96. The second-order valence-corrected chi connectivity index (χ2v) is 1.15. The van der Waals surface area contributed by atoms with E-state index in [4.69, 9.17) is 5.41 Å². The molecule has 0 aromatic carbocycles. The molecule has 0 unspecified atom stereocenters. The molecule has 7 heavy (non-hydrogen) atoms. The minimum atomic E-state index is 0.736. The van der Waals surface area contributed by atoms with Crippen molar-refractivity contribution in [3.05, 3.63) is 18.2 Å². The third kappa shape index (κ3) is 0.652. The van der Waals surface area contributed by atoms with Crippen LogP contribution < -0.4 is 0 Å². The van der Waals surface area contributed by atoms with E-state index in [2.05, 4.69) is 9.97 Å². The van der Waals surface area contributed by atoms with Crippen molar-refractivity contribution in [2.45, 2.75) is 0 Å². The van der Waals surface area contributed by atoms with Crippen LogP contribution in [0.1, 0.15) is 5.69 Å². The molecule has 1 aromatic heterocycles. The van der Waals surface area contributed by atoms with Gasteiger partial charge in [-0.1, -0.05) is 0 Å². The van der Waals surface area contributed by atoms with Crippen LogP contribution in [-0.4, -0.2) is 16.2 Å². The van der Waals surface area contributed by atoms with Crippen molar-refractivity contribution in [1.82, 2.24) is 9.97 Å². The summed E-state index contributed by atoms with van der Waals surface area (Å²) in [5.41, 5.74) is 0.736. The molecule has 0 aliphatic carbocycles. The Morgan fingerprint density at radius 2 is 2.71 bits per heavy atom. The number of imidazole rings is 1. The first-order chi connectivity index (χ1) is 3.43. The maximum Gasteiger partial charge on any atom is 0.0924 e. The van der Waals surface area contributed by atoms with Gasteiger partial charge in [0.25, 0.3) is 0 Å². The van der Waals surface area contributed by atoms with Crippen LogP contribution in [0.4, 0.5) is 0 Å². The Morgan fingerprint density at radius 1 is 1.86 bits per heavy atom. The fraction of sp³-hybridized carbons (Fsp3) is 0. The second-order valence-electron chi connectivity index (χ2n) is 1.15. The summed E-state index contributed by atoms with van der Waals surface area (Å²) in [5, 5.41) is 6.66. The van der Waals surface area contributed by atoms with E-state index in [1.54, 1.807) is 12.5 Å². The molecule has 0 saturated heterocycles. The van der Waals surface area contributed by atoms with Gasteiger partial charge < -0.3 is 10.4 Å². The summed E-state index contributed by atoms with van der Waals surface area (Å²) in [6.45, 7) is 0. The standard InChI is InChI=1S/C4H5N3/c5-1-4-2-6-3-7-4/h1-3,5H,(H,6,7). The second kappa shape index (κ2) is 1.55. The Hall–Kier alpha value is -1.12. The number of nitrogens with one attached hydrogen (secondary N) is 2. The monoisotopic (exact) mass is 95.0 g/mol. The molecule has 0 radical (unpaired) electrons. The van der Waals surface area contributed by atoms with E-state index < -0.39 is 0 Å². The average Bonchev–Trinajstić information content (AvgIpc) is 2.14. The smallest absolute Gasteiger partial charge is 0.0924 e. The molecule has 0 fully saturated rings. The quantitative estimate of drug-likeness (QED) is 0.487. The van der Waals surface area contributed by atoms with E-state index in [0.29, 0.717) is 0 Å². The first-order valence-electron chi connectivity index (χ1n) is 1.92. The van der Waals surface area contributed by atoms with Crippen molar-refractivity contribution in [2.24, 2.45) is 0 Å². The summed E-state index contributed by atoms with van der Waals surface area (Å²) in [6, 6.07) is 0. The Labute approximate surface area is 40.9 Å². The first-order valence-corrected chi connectivity index (χ1v) is 1.92. The van der Waals surface area contributed by atoms with E-state index in [-0.39, 0.29) is 0 Å². The summed E-state index contributed by atoms with van der Waals surface area (Å²) >= 11 is 0. The van der Waals surface area contributed by atoms with E-state index >= 15 is 0 Å². The van der Waals surface area contributed by atoms with Crippen molar-refractivity contribution >= 4 is 6.21 Å². The van der Waals surface area contributed by atoms with Gasteiger partial charge in [0.15, 0.2) is 0 Å². The molecule has 2 N–H and O–H groups in total. The predicted molar refractivity (Wildman–Crippen MR) is 26.5 cm³/mol. The number of hydrogen-bond acceptors (Lipinski definition) is 2. The molecular weight excluding hydrogens is 90.1 g/mol. The van der Waals surface area contributed by atoms with Gasteiger partial charge in [0.1, 0.15) is 0 Å². The van der Waals surface area contributed by atoms with Gasteiger partial charge in [-0.15, -0.1) is 0 Å². The molecule has 0 bridgehead atoms. The van der Waals surface area contributed by atoms with Gasteiger partial charge in [0, 0.05) is 6.21 Å². The third-order valence-electron chi connectivity index (χ3n) is 0.675. The van der Waals surface area contributed by atoms with Crippen LogP contribution in [0.25, 0.3) is 0 Å². The highest BCUT2D eigenvalue weighted by atomic mass is 14.9. The minimum absolute atomic E-state index is 0.736. The summed E-state index contributed by atoms with van der Waals surface area (Å²) < 4.78 is 0. The maximum atomic E-state index is 6.66. The van der Waals surface area contributed by atoms with E-state index in [1.807, 2.05) is 0 Å². The summed E-state index contributed by atoms with van der Waals surface area (Å²) in [7, 11) is 0. The van der Waals surface area contributed by atoms with E-state index in [0.717, 1.165) is 5.69 Å². The van der Waals surface area contributed by atoms with Crippen LogP contribution in [0.2, 0.25) is 0 Å². The predicted octanol–water partition coefficient (Wildman–Crippen LogP) is 0.407. The number of rotatable bonds is 1. The van der Waals surface area contributed by atoms with Crippen LogP contribution >= 0.6 is 0 Å². The molecule has 1 heterocycles. The summed E-state index contributed by atoms with van der Waals surface area (Å²) in [4.78, 5) is 6.42. The van der Waals surface area contributed by atoms with Crippen molar-refractivity contribution in [3.63, 3.8) is 0 Å². The fourth-order valence-electron chi connectivity index (χ4n) is 0.346. The van der Waals surface area contributed by atoms with Gasteiger partial charge in [-0.2, -0.15) is 0 Å². The zero-order valence-electron chi connectivity index (χ0n) is 3.68. The van der Waals surface area contributed by atoms with Crippen LogP contribution in [0, 0.1) is 5.41 Å². The number of aromatic nitrogens is 2. The van der Waals surface area contributed by atoms with Gasteiger partial charge >= 0.3 is 0 Å². The highest BCUT2D eigenvalue weighted by Crippen LogP contribution is 1.80. The maximum absolute atomic E-state index is 6.66. The topological polar surface area (TPSA) is 52.5 Å². The third-order valence-corrected chi connectivity index (χ3v) is 0.675. The number of aromatic amines is 1. The Bertz CT molecular complexity index is 142. The minimum Gasteiger partial charge on any atom is -0.344 e. The normalized spacial score (nSPS) is 8.57. The van der Waals surface area contributed by atoms with Crippen LogP contribution in [0.5, 0.6) is 0 Å². The molecule has 0 atom stereocenters. The Morgan fingerprint density at radius 3 is 3.00 bits per heavy atom. The van der Waals surface area contributed by atoms with Crippen molar-refractivity contribution in [3.8, 4) is 0 Å². The molecule has 3 heteroatoms. The number of hydrogen-bond donors (Lipinski definition) is 2. The molecule has 0 aliphatic heterocycles. The zero-order chi connectivity index (χ0) is 5.11. The fourth-order valence-corrected chi connectivity index (χ4v) is 0.346. The lowest BCUT2D eigenvalue weighted by molar-refractivity contribution is 1.31.